The van der Waals surface area contributed by atoms with E-state index in [2.05, 4.69) is 4.98 Å². The van der Waals surface area contributed by atoms with E-state index in [4.69, 9.17) is 10.5 Å². The topological polar surface area (TPSA) is 87.2 Å². The highest BCUT2D eigenvalue weighted by molar-refractivity contribution is 5.92. The quantitative estimate of drug-likeness (QED) is 0.747. The molecule has 1 amide bonds. The molecule has 0 saturated heterocycles. The Morgan fingerprint density at radius 1 is 1.13 bits per heavy atom. The Hall–Kier alpha value is -3.15. The maximum atomic E-state index is 11.9. The van der Waals surface area contributed by atoms with E-state index in [0.29, 0.717) is 5.56 Å². The number of benzene rings is 2. The van der Waals surface area contributed by atoms with E-state index in [1.165, 1.54) is 6.92 Å². The number of para-hydroxylation sites is 2. The van der Waals surface area contributed by atoms with E-state index < -0.39 is 18.0 Å². The molecule has 0 fully saturated rings. The first-order valence-corrected chi connectivity index (χ1v) is 7.09. The van der Waals surface area contributed by atoms with Gasteiger partial charge in [0.1, 0.15) is 6.33 Å². The largest absolute Gasteiger partial charge is 0.449 e. The monoisotopic (exact) mass is 309 g/mol. The number of rotatable bonds is 4. The predicted octanol–water partition coefficient (Wildman–Crippen LogP) is 2.06. The predicted molar refractivity (Wildman–Crippen MR) is 85.1 cm³/mol. The van der Waals surface area contributed by atoms with Crippen molar-refractivity contribution < 1.29 is 14.3 Å². The van der Waals surface area contributed by atoms with Gasteiger partial charge in [0.15, 0.2) is 6.10 Å². The summed E-state index contributed by atoms with van der Waals surface area (Å²) < 4.78 is 6.89. The lowest BCUT2D eigenvalue weighted by Crippen LogP contribution is -2.30. The van der Waals surface area contributed by atoms with Gasteiger partial charge in [-0.25, -0.2) is 9.78 Å². The van der Waals surface area contributed by atoms with Crippen LogP contribution in [0.2, 0.25) is 0 Å². The SMILES string of the molecule is C[C@H](OC(=O)c1ccc(-n2cnc3ccccc32)cc1)C(N)=O. The fourth-order valence-corrected chi connectivity index (χ4v) is 2.21. The lowest BCUT2D eigenvalue weighted by Gasteiger charge is -2.10. The van der Waals surface area contributed by atoms with Crippen molar-refractivity contribution in [1.82, 2.24) is 9.55 Å². The number of carbonyl (C=O) groups is 2. The van der Waals surface area contributed by atoms with Gasteiger partial charge in [-0.3, -0.25) is 9.36 Å². The summed E-state index contributed by atoms with van der Waals surface area (Å²) in [7, 11) is 0. The van der Waals surface area contributed by atoms with Gasteiger partial charge < -0.3 is 10.5 Å². The van der Waals surface area contributed by atoms with Gasteiger partial charge in [0, 0.05) is 5.69 Å². The third-order valence-electron chi connectivity index (χ3n) is 3.52. The summed E-state index contributed by atoms with van der Waals surface area (Å²) >= 11 is 0. The van der Waals surface area contributed by atoms with Crippen molar-refractivity contribution in [2.24, 2.45) is 5.73 Å². The first kappa shape index (κ1) is 14.8. The molecule has 0 aliphatic rings. The Morgan fingerprint density at radius 2 is 1.83 bits per heavy atom. The first-order valence-electron chi connectivity index (χ1n) is 7.09. The molecule has 3 rings (SSSR count). The van der Waals surface area contributed by atoms with Gasteiger partial charge in [-0.15, -0.1) is 0 Å². The second kappa shape index (κ2) is 5.92. The van der Waals surface area contributed by atoms with Crippen LogP contribution in [-0.4, -0.2) is 27.5 Å². The second-order valence-electron chi connectivity index (χ2n) is 5.10. The number of aromatic nitrogens is 2. The third-order valence-corrected chi connectivity index (χ3v) is 3.52. The number of imidazole rings is 1. The number of carbonyl (C=O) groups excluding carboxylic acids is 2. The Balaban J connectivity index is 1.85. The molecule has 1 aromatic heterocycles. The number of hydrogen-bond acceptors (Lipinski definition) is 4. The van der Waals surface area contributed by atoms with Crippen LogP contribution >= 0.6 is 0 Å². The maximum absolute atomic E-state index is 11.9. The molecule has 1 atom stereocenters. The average molecular weight is 309 g/mol. The van der Waals surface area contributed by atoms with E-state index in [-0.39, 0.29) is 0 Å². The molecule has 0 aliphatic heterocycles. The molecule has 0 aliphatic carbocycles. The molecule has 0 bridgehead atoms. The summed E-state index contributed by atoms with van der Waals surface area (Å²) in [5, 5.41) is 0. The zero-order valence-corrected chi connectivity index (χ0v) is 12.5. The van der Waals surface area contributed by atoms with Crippen molar-refractivity contribution in [2.75, 3.05) is 0 Å². The Kier molecular flexibility index (Phi) is 3.80. The molecule has 0 unspecified atom stereocenters. The van der Waals surface area contributed by atoms with Crippen molar-refractivity contribution in [1.29, 1.82) is 0 Å². The van der Waals surface area contributed by atoms with Crippen molar-refractivity contribution in [2.45, 2.75) is 13.0 Å². The summed E-state index contributed by atoms with van der Waals surface area (Å²) in [5.74, 6) is -1.27. The van der Waals surface area contributed by atoms with Gasteiger partial charge in [0.05, 0.1) is 16.6 Å². The van der Waals surface area contributed by atoms with Crippen LogP contribution in [0.4, 0.5) is 0 Å². The smallest absolute Gasteiger partial charge is 0.338 e. The normalized spacial score (nSPS) is 12.0. The Morgan fingerprint density at radius 3 is 2.52 bits per heavy atom. The van der Waals surface area contributed by atoms with Crippen LogP contribution in [0.15, 0.2) is 54.9 Å². The van der Waals surface area contributed by atoms with Crippen LogP contribution in [0, 0.1) is 0 Å². The van der Waals surface area contributed by atoms with E-state index in [9.17, 15) is 9.59 Å². The molecule has 23 heavy (non-hydrogen) atoms. The highest BCUT2D eigenvalue weighted by Gasteiger charge is 2.16. The summed E-state index contributed by atoms with van der Waals surface area (Å²) in [6.07, 6.45) is 0.771. The molecule has 2 N–H and O–H groups in total. The molecule has 0 radical (unpaired) electrons. The summed E-state index contributed by atoms with van der Waals surface area (Å²) in [5.41, 5.74) is 8.18. The standard InChI is InChI=1S/C17H15N3O3/c1-11(16(18)21)23-17(22)12-6-8-13(9-7-12)20-10-19-14-4-2-3-5-15(14)20/h2-11H,1H3,(H2,18,21)/t11-/m0/s1. The first-order chi connectivity index (χ1) is 11.1. The van der Waals surface area contributed by atoms with Gasteiger partial charge in [0.25, 0.3) is 5.91 Å². The molecular formula is C17H15N3O3. The maximum Gasteiger partial charge on any atom is 0.338 e. The lowest BCUT2D eigenvalue weighted by atomic mass is 10.2. The molecule has 2 aromatic carbocycles. The van der Waals surface area contributed by atoms with E-state index >= 15 is 0 Å². The van der Waals surface area contributed by atoms with Crippen molar-refractivity contribution in [3.8, 4) is 5.69 Å². The van der Waals surface area contributed by atoms with Crippen molar-refractivity contribution >= 4 is 22.9 Å². The van der Waals surface area contributed by atoms with E-state index in [1.807, 2.05) is 28.8 Å². The fraction of sp³-hybridized carbons (Fsp3) is 0.118. The highest BCUT2D eigenvalue weighted by atomic mass is 16.5. The van der Waals surface area contributed by atoms with Crippen LogP contribution in [0.5, 0.6) is 0 Å². The van der Waals surface area contributed by atoms with Crippen LogP contribution in [0.1, 0.15) is 17.3 Å². The van der Waals surface area contributed by atoms with Gasteiger partial charge >= 0.3 is 5.97 Å². The number of fused-ring (bicyclic) bond motifs is 1. The number of nitrogens with zero attached hydrogens (tertiary/aromatic N) is 2. The molecule has 0 spiro atoms. The fourth-order valence-electron chi connectivity index (χ4n) is 2.21. The van der Waals surface area contributed by atoms with Gasteiger partial charge in [-0.2, -0.15) is 0 Å². The summed E-state index contributed by atoms with van der Waals surface area (Å²) in [6.45, 7) is 1.44. The molecule has 3 aromatic rings. The third kappa shape index (κ3) is 2.91. The number of primary amides is 1. The van der Waals surface area contributed by atoms with Crippen molar-refractivity contribution in [3.63, 3.8) is 0 Å². The molecule has 1 heterocycles. The Bertz CT molecular complexity index is 868. The molecule has 6 nitrogen and oxygen atoms in total. The summed E-state index contributed by atoms with van der Waals surface area (Å²) in [4.78, 5) is 27.2. The van der Waals surface area contributed by atoms with Gasteiger partial charge in [0.2, 0.25) is 0 Å². The molecule has 116 valence electrons. The van der Waals surface area contributed by atoms with E-state index in [0.717, 1.165) is 16.7 Å². The number of amides is 1. The zero-order chi connectivity index (χ0) is 16.4. The number of esters is 1. The lowest BCUT2D eigenvalue weighted by molar-refractivity contribution is -0.125. The van der Waals surface area contributed by atoms with Crippen LogP contribution < -0.4 is 5.73 Å². The minimum Gasteiger partial charge on any atom is -0.449 e. The summed E-state index contributed by atoms with van der Waals surface area (Å²) in [6, 6.07) is 14.6. The van der Waals surface area contributed by atoms with Crippen LogP contribution in [0.25, 0.3) is 16.7 Å². The van der Waals surface area contributed by atoms with Crippen LogP contribution in [0.3, 0.4) is 0 Å². The van der Waals surface area contributed by atoms with Gasteiger partial charge in [-0.05, 0) is 43.3 Å². The minimum absolute atomic E-state index is 0.353. The molecule has 6 heteroatoms. The Labute approximate surface area is 132 Å². The van der Waals surface area contributed by atoms with Crippen molar-refractivity contribution in [3.05, 3.63) is 60.4 Å². The number of nitrogens with two attached hydrogens (primary N) is 1. The zero-order valence-electron chi connectivity index (χ0n) is 12.5. The van der Waals surface area contributed by atoms with Crippen LogP contribution in [-0.2, 0) is 9.53 Å². The van der Waals surface area contributed by atoms with E-state index in [1.54, 1.807) is 30.6 Å². The molecule has 0 saturated carbocycles. The minimum atomic E-state index is -0.959. The highest BCUT2D eigenvalue weighted by Crippen LogP contribution is 2.18. The average Bonchev–Trinajstić information content (AvgIpc) is 2.99. The number of ether oxygens (including phenoxy) is 1. The second-order valence-corrected chi connectivity index (χ2v) is 5.10. The number of hydrogen-bond donors (Lipinski definition) is 1. The molecular weight excluding hydrogens is 294 g/mol. The van der Waals surface area contributed by atoms with Gasteiger partial charge in [-0.1, -0.05) is 12.1 Å².